The number of carboxylic acids is 1. The van der Waals surface area contributed by atoms with E-state index < -0.39 is 5.97 Å². The van der Waals surface area contributed by atoms with E-state index in [1.54, 1.807) is 0 Å². The van der Waals surface area contributed by atoms with Crippen LogP contribution in [0, 0.1) is 5.92 Å². The van der Waals surface area contributed by atoms with E-state index in [2.05, 4.69) is 26.5 Å². The molecule has 0 heterocycles. The van der Waals surface area contributed by atoms with E-state index in [0.717, 1.165) is 24.8 Å². The third kappa shape index (κ3) is 6.98. The van der Waals surface area contributed by atoms with Crippen molar-refractivity contribution >= 4 is 5.97 Å². The molecule has 1 N–H and O–H groups in total. The van der Waals surface area contributed by atoms with Gasteiger partial charge < -0.3 is 5.11 Å². The van der Waals surface area contributed by atoms with Gasteiger partial charge in [0.15, 0.2) is 0 Å². The van der Waals surface area contributed by atoms with Crippen molar-refractivity contribution in [3.63, 3.8) is 0 Å². The number of rotatable bonds is 6. The predicted octanol–water partition coefficient (Wildman–Crippen LogP) is 3.78. The molecule has 0 rings (SSSR count). The van der Waals surface area contributed by atoms with E-state index in [1.165, 1.54) is 0 Å². The Hall–Kier alpha value is -1.01. The van der Waals surface area contributed by atoms with Crippen LogP contribution in [0.25, 0.3) is 0 Å². The fraction of sp³-hybridized carbons (Fsp3) is 0.692. The van der Waals surface area contributed by atoms with Crippen molar-refractivity contribution < 1.29 is 9.90 Å². The quantitative estimate of drug-likeness (QED) is 0.535. The Morgan fingerprint density at radius 1 is 1.40 bits per heavy atom. The summed E-state index contributed by atoms with van der Waals surface area (Å²) in [5.74, 6) is -0.273. The second-order valence-corrected chi connectivity index (χ2v) is 4.39. The first-order chi connectivity index (χ1) is 6.97. The summed E-state index contributed by atoms with van der Waals surface area (Å²) >= 11 is 0. The molecule has 0 atom stereocenters. The minimum atomic E-state index is -0.827. The van der Waals surface area contributed by atoms with Gasteiger partial charge in [-0.15, -0.1) is 5.73 Å². The second-order valence-electron chi connectivity index (χ2n) is 4.39. The fourth-order valence-electron chi connectivity index (χ4n) is 1.50. The van der Waals surface area contributed by atoms with Gasteiger partial charge >= 0.3 is 5.97 Å². The molecule has 2 nitrogen and oxygen atoms in total. The zero-order valence-corrected chi connectivity index (χ0v) is 10.3. The molecule has 0 aromatic rings. The van der Waals surface area contributed by atoms with Crippen molar-refractivity contribution in [2.24, 2.45) is 5.92 Å². The summed E-state index contributed by atoms with van der Waals surface area (Å²) in [5.41, 5.74) is 4.48. The largest absolute Gasteiger partial charge is 0.477 e. The topological polar surface area (TPSA) is 37.3 Å². The van der Waals surface area contributed by atoms with Crippen LogP contribution in [0.15, 0.2) is 16.9 Å². The molecule has 0 saturated carbocycles. The van der Waals surface area contributed by atoms with Crippen LogP contribution in [0.1, 0.15) is 53.4 Å². The van der Waals surface area contributed by atoms with E-state index >= 15 is 0 Å². The van der Waals surface area contributed by atoms with Crippen molar-refractivity contribution in [3.05, 3.63) is 16.9 Å². The number of hydrogen-bond acceptors (Lipinski definition) is 1. The van der Waals surface area contributed by atoms with Crippen LogP contribution >= 0.6 is 0 Å². The Morgan fingerprint density at radius 2 is 2.00 bits per heavy atom. The highest BCUT2D eigenvalue weighted by Gasteiger charge is 2.06. The highest BCUT2D eigenvalue weighted by Crippen LogP contribution is 2.12. The summed E-state index contributed by atoms with van der Waals surface area (Å²) in [5, 5.41) is 8.97. The average Bonchev–Trinajstić information content (AvgIpc) is 2.10. The van der Waals surface area contributed by atoms with Gasteiger partial charge in [0.1, 0.15) is 0 Å². The Kier molecular flexibility index (Phi) is 6.81. The van der Waals surface area contributed by atoms with Gasteiger partial charge in [0.25, 0.3) is 0 Å². The molecule has 0 aliphatic rings. The molecular formula is C13H22O2. The first-order valence-electron chi connectivity index (χ1n) is 5.65. The Balaban J connectivity index is 4.70. The van der Waals surface area contributed by atoms with Crippen LogP contribution in [-0.2, 0) is 4.79 Å². The molecule has 0 aromatic carbocycles. The summed E-state index contributed by atoms with van der Waals surface area (Å²) in [6.45, 7) is 8.26. The maximum absolute atomic E-state index is 10.9. The number of aliphatic carboxylic acids is 1. The lowest BCUT2D eigenvalue weighted by Crippen LogP contribution is -2.00. The van der Waals surface area contributed by atoms with Crippen LogP contribution in [-0.4, -0.2) is 11.1 Å². The van der Waals surface area contributed by atoms with E-state index in [1.807, 2.05) is 6.92 Å². The van der Waals surface area contributed by atoms with Crippen LogP contribution in [0.5, 0.6) is 0 Å². The molecule has 86 valence electrons. The van der Waals surface area contributed by atoms with Gasteiger partial charge in [0.05, 0.1) is 5.57 Å². The van der Waals surface area contributed by atoms with E-state index in [0.29, 0.717) is 17.9 Å². The van der Waals surface area contributed by atoms with Gasteiger partial charge in [-0.2, -0.15) is 0 Å². The molecule has 0 unspecified atom stereocenters. The third-order valence-corrected chi connectivity index (χ3v) is 2.12. The van der Waals surface area contributed by atoms with E-state index in [9.17, 15) is 4.79 Å². The summed E-state index contributed by atoms with van der Waals surface area (Å²) < 4.78 is 0. The third-order valence-electron chi connectivity index (χ3n) is 2.12. The minimum absolute atomic E-state index is 0.426. The zero-order valence-electron chi connectivity index (χ0n) is 10.3. The molecule has 0 radical (unpaired) electrons. The maximum atomic E-state index is 10.9. The molecule has 0 aliphatic heterocycles. The highest BCUT2D eigenvalue weighted by atomic mass is 16.4. The summed E-state index contributed by atoms with van der Waals surface area (Å²) in [4.78, 5) is 10.9. The monoisotopic (exact) mass is 210 g/mol. The SMILES string of the molecule is CCCCC(=C=C(C)CC(C)C)C(=O)O. The molecule has 0 aliphatic carbocycles. The standard InChI is InChI=1S/C13H22O2/c1-5-6-7-12(13(14)15)9-11(4)8-10(2)3/h10H,5-8H2,1-4H3,(H,14,15). The van der Waals surface area contributed by atoms with Crippen LogP contribution in [0.4, 0.5) is 0 Å². The van der Waals surface area contributed by atoms with Gasteiger partial charge in [-0.25, -0.2) is 4.79 Å². The molecule has 0 amide bonds. The van der Waals surface area contributed by atoms with Crippen molar-refractivity contribution in [1.82, 2.24) is 0 Å². The van der Waals surface area contributed by atoms with Crippen LogP contribution < -0.4 is 0 Å². The average molecular weight is 210 g/mol. The number of carbonyl (C=O) groups is 1. The van der Waals surface area contributed by atoms with Gasteiger partial charge in [-0.3, -0.25) is 0 Å². The molecular weight excluding hydrogens is 188 g/mol. The lowest BCUT2D eigenvalue weighted by molar-refractivity contribution is -0.132. The lowest BCUT2D eigenvalue weighted by Gasteiger charge is -2.03. The van der Waals surface area contributed by atoms with Gasteiger partial charge in [-0.05, 0) is 37.7 Å². The molecule has 2 heteroatoms. The summed E-state index contributed by atoms with van der Waals surface area (Å²) in [6.07, 6.45) is 3.48. The maximum Gasteiger partial charge on any atom is 0.339 e. The molecule has 0 fully saturated rings. The van der Waals surface area contributed by atoms with Crippen molar-refractivity contribution in [2.75, 3.05) is 0 Å². The Bertz CT molecular complexity index is 268. The summed E-state index contributed by atoms with van der Waals surface area (Å²) in [7, 11) is 0. The first kappa shape index (κ1) is 14.0. The van der Waals surface area contributed by atoms with E-state index in [-0.39, 0.29) is 0 Å². The molecule has 0 aromatic heterocycles. The van der Waals surface area contributed by atoms with Crippen molar-refractivity contribution in [1.29, 1.82) is 0 Å². The zero-order chi connectivity index (χ0) is 11.8. The molecule has 0 spiro atoms. The molecule has 0 saturated heterocycles. The van der Waals surface area contributed by atoms with E-state index in [4.69, 9.17) is 5.11 Å². The number of hydrogen-bond donors (Lipinski definition) is 1. The van der Waals surface area contributed by atoms with Gasteiger partial charge in [0.2, 0.25) is 0 Å². The van der Waals surface area contributed by atoms with Crippen LogP contribution in [0.2, 0.25) is 0 Å². The van der Waals surface area contributed by atoms with Crippen molar-refractivity contribution in [3.8, 4) is 0 Å². The number of unbranched alkanes of at least 4 members (excludes halogenated alkanes) is 1. The second kappa shape index (κ2) is 7.30. The summed E-state index contributed by atoms with van der Waals surface area (Å²) in [6, 6.07) is 0. The fourth-order valence-corrected chi connectivity index (χ4v) is 1.50. The Morgan fingerprint density at radius 3 is 2.40 bits per heavy atom. The normalized spacial score (nSPS) is 9.93. The highest BCUT2D eigenvalue weighted by molar-refractivity contribution is 5.86. The lowest BCUT2D eigenvalue weighted by atomic mass is 10.0. The van der Waals surface area contributed by atoms with Gasteiger partial charge in [-0.1, -0.05) is 27.2 Å². The van der Waals surface area contributed by atoms with Gasteiger partial charge in [0, 0.05) is 0 Å². The smallest absolute Gasteiger partial charge is 0.339 e. The van der Waals surface area contributed by atoms with Crippen LogP contribution in [0.3, 0.4) is 0 Å². The predicted molar refractivity (Wildman–Crippen MR) is 62.8 cm³/mol. The Labute approximate surface area is 92.7 Å². The minimum Gasteiger partial charge on any atom is -0.477 e. The molecule has 15 heavy (non-hydrogen) atoms. The first-order valence-corrected chi connectivity index (χ1v) is 5.65. The van der Waals surface area contributed by atoms with Crippen molar-refractivity contribution in [2.45, 2.75) is 53.4 Å². The molecule has 0 bridgehead atoms. The number of carboxylic acid groups (broad SMARTS) is 1.